The van der Waals surface area contributed by atoms with Crippen LogP contribution >= 0.6 is 15.9 Å². The van der Waals surface area contributed by atoms with Gasteiger partial charge in [-0.2, -0.15) is 0 Å². The molecule has 2 rings (SSSR count). The fraction of sp³-hybridized carbons (Fsp3) is 0.214. The SMILES string of the molecule is CCNc1cccnc1S(=O)(=O)NCc1ccccc1Br. The third-order valence-electron chi connectivity index (χ3n) is 2.80. The van der Waals surface area contributed by atoms with Gasteiger partial charge >= 0.3 is 0 Å². The van der Waals surface area contributed by atoms with E-state index in [0.717, 1.165) is 10.0 Å². The fourth-order valence-corrected chi connectivity index (χ4v) is 3.35. The maximum absolute atomic E-state index is 12.4. The first-order valence-electron chi connectivity index (χ1n) is 6.46. The molecule has 5 nitrogen and oxygen atoms in total. The smallest absolute Gasteiger partial charge is 0.260 e. The Labute approximate surface area is 133 Å². The Morgan fingerprint density at radius 1 is 1.19 bits per heavy atom. The first kappa shape index (κ1) is 15.9. The number of nitrogens with one attached hydrogen (secondary N) is 2. The molecule has 0 atom stereocenters. The van der Waals surface area contributed by atoms with E-state index < -0.39 is 10.0 Å². The van der Waals surface area contributed by atoms with E-state index in [1.54, 1.807) is 12.1 Å². The lowest BCUT2D eigenvalue weighted by atomic mass is 10.2. The lowest BCUT2D eigenvalue weighted by Gasteiger charge is -2.11. The van der Waals surface area contributed by atoms with Crippen molar-refractivity contribution >= 4 is 31.6 Å². The van der Waals surface area contributed by atoms with Crippen molar-refractivity contribution in [2.24, 2.45) is 0 Å². The zero-order chi connectivity index (χ0) is 15.3. The van der Waals surface area contributed by atoms with Crippen LogP contribution in [0.4, 0.5) is 5.69 Å². The van der Waals surface area contributed by atoms with Gasteiger partial charge in [-0.1, -0.05) is 34.1 Å². The third-order valence-corrected chi connectivity index (χ3v) is 4.94. The number of hydrogen-bond donors (Lipinski definition) is 2. The molecule has 0 aliphatic carbocycles. The van der Waals surface area contributed by atoms with Crippen LogP contribution in [-0.2, 0) is 16.6 Å². The number of hydrogen-bond acceptors (Lipinski definition) is 4. The number of rotatable bonds is 6. The van der Waals surface area contributed by atoms with Gasteiger partial charge in [-0.15, -0.1) is 0 Å². The Morgan fingerprint density at radius 3 is 2.67 bits per heavy atom. The van der Waals surface area contributed by atoms with E-state index in [1.165, 1.54) is 6.20 Å². The lowest BCUT2D eigenvalue weighted by molar-refractivity contribution is 0.577. The molecule has 0 aliphatic rings. The summed E-state index contributed by atoms with van der Waals surface area (Å²) in [6.45, 7) is 2.72. The number of pyridine rings is 1. The molecular formula is C14H16BrN3O2S. The summed E-state index contributed by atoms with van der Waals surface area (Å²) in [5, 5.41) is 3.01. The maximum atomic E-state index is 12.4. The Morgan fingerprint density at radius 2 is 1.95 bits per heavy atom. The number of aromatic nitrogens is 1. The monoisotopic (exact) mass is 369 g/mol. The van der Waals surface area contributed by atoms with Crippen LogP contribution in [0.1, 0.15) is 12.5 Å². The highest BCUT2D eigenvalue weighted by Crippen LogP contribution is 2.19. The molecule has 1 aromatic heterocycles. The van der Waals surface area contributed by atoms with E-state index in [2.05, 4.69) is 31.0 Å². The molecule has 0 amide bonds. The third kappa shape index (κ3) is 4.03. The highest BCUT2D eigenvalue weighted by Gasteiger charge is 2.19. The van der Waals surface area contributed by atoms with E-state index >= 15 is 0 Å². The van der Waals surface area contributed by atoms with Gasteiger partial charge < -0.3 is 5.32 Å². The average Bonchev–Trinajstić information content (AvgIpc) is 2.47. The Hall–Kier alpha value is -1.44. The minimum absolute atomic E-state index is 0.0129. The fourth-order valence-electron chi connectivity index (χ4n) is 1.81. The maximum Gasteiger partial charge on any atom is 0.260 e. The van der Waals surface area contributed by atoms with Crippen LogP contribution in [0.15, 0.2) is 52.1 Å². The normalized spacial score (nSPS) is 11.3. The van der Waals surface area contributed by atoms with Crippen LogP contribution in [0.5, 0.6) is 0 Å². The largest absolute Gasteiger partial charge is 0.383 e. The molecule has 1 heterocycles. The second kappa shape index (κ2) is 7.02. The van der Waals surface area contributed by atoms with Crippen molar-refractivity contribution in [1.82, 2.24) is 9.71 Å². The van der Waals surface area contributed by atoms with Crippen molar-refractivity contribution in [3.8, 4) is 0 Å². The van der Waals surface area contributed by atoms with Crippen molar-refractivity contribution in [1.29, 1.82) is 0 Å². The minimum atomic E-state index is -3.67. The second-order valence-corrected chi connectivity index (χ2v) is 6.84. The number of anilines is 1. The van der Waals surface area contributed by atoms with Gasteiger partial charge in [-0.25, -0.2) is 18.1 Å². The van der Waals surface area contributed by atoms with Crippen molar-refractivity contribution in [2.45, 2.75) is 18.5 Å². The van der Waals surface area contributed by atoms with E-state index in [4.69, 9.17) is 0 Å². The molecule has 21 heavy (non-hydrogen) atoms. The van der Waals surface area contributed by atoms with Crippen molar-refractivity contribution in [3.63, 3.8) is 0 Å². The second-order valence-electron chi connectivity index (χ2n) is 4.30. The predicted molar refractivity (Wildman–Crippen MR) is 86.6 cm³/mol. The van der Waals surface area contributed by atoms with E-state index in [9.17, 15) is 8.42 Å². The van der Waals surface area contributed by atoms with Crippen LogP contribution < -0.4 is 10.0 Å². The Balaban J connectivity index is 2.21. The summed E-state index contributed by atoms with van der Waals surface area (Å²) < 4.78 is 28.2. The van der Waals surface area contributed by atoms with Gasteiger partial charge in [0.05, 0.1) is 5.69 Å². The summed E-state index contributed by atoms with van der Waals surface area (Å²) >= 11 is 3.40. The Kier molecular flexibility index (Phi) is 5.33. The summed E-state index contributed by atoms with van der Waals surface area (Å²) in [6, 6.07) is 10.9. The summed E-state index contributed by atoms with van der Waals surface area (Å²) in [4.78, 5) is 3.98. The summed E-state index contributed by atoms with van der Waals surface area (Å²) in [6.07, 6.45) is 1.47. The quantitative estimate of drug-likeness (QED) is 0.820. The van der Waals surface area contributed by atoms with Gasteiger partial charge in [-0.05, 0) is 30.7 Å². The summed E-state index contributed by atoms with van der Waals surface area (Å²) in [5.74, 6) is 0. The summed E-state index contributed by atoms with van der Waals surface area (Å²) in [7, 11) is -3.67. The molecule has 7 heteroatoms. The van der Waals surface area contributed by atoms with E-state index in [1.807, 2.05) is 31.2 Å². The molecule has 0 radical (unpaired) electrons. The molecule has 0 bridgehead atoms. The van der Waals surface area contributed by atoms with Crippen LogP contribution in [0.25, 0.3) is 0 Å². The van der Waals surface area contributed by atoms with Crippen molar-refractivity contribution < 1.29 is 8.42 Å². The zero-order valence-corrected chi connectivity index (χ0v) is 13.9. The number of sulfonamides is 1. The van der Waals surface area contributed by atoms with Gasteiger partial charge in [0.1, 0.15) is 0 Å². The standard InChI is InChI=1S/C14H16BrN3O2S/c1-2-16-13-8-5-9-17-14(13)21(19,20)18-10-11-6-3-4-7-12(11)15/h3-9,16,18H,2,10H2,1H3. The number of benzene rings is 1. The first-order valence-corrected chi connectivity index (χ1v) is 8.74. The topological polar surface area (TPSA) is 71.1 Å². The molecule has 0 aliphatic heterocycles. The molecule has 112 valence electrons. The summed E-state index contributed by atoms with van der Waals surface area (Å²) in [5.41, 5.74) is 1.36. The molecular weight excluding hydrogens is 354 g/mol. The Bertz CT molecular complexity index is 720. The van der Waals surface area contributed by atoms with Gasteiger partial charge in [0.2, 0.25) is 0 Å². The molecule has 0 saturated heterocycles. The molecule has 2 aromatic rings. The molecule has 0 spiro atoms. The van der Waals surface area contributed by atoms with E-state index in [0.29, 0.717) is 12.2 Å². The highest BCUT2D eigenvalue weighted by molar-refractivity contribution is 9.10. The molecule has 0 unspecified atom stereocenters. The zero-order valence-electron chi connectivity index (χ0n) is 11.5. The van der Waals surface area contributed by atoms with Crippen LogP contribution in [0.2, 0.25) is 0 Å². The average molecular weight is 370 g/mol. The van der Waals surface area contributed by atoms with Crippen molar-refractivity contribution in [2.75, 3.05) is 11.9 Å². The number of nitrogens with zero attached hydrogens (tertiary/aromatic N) is 1. The van der Waals surface area contributed by atoms with Crippen molar-refractivity contribution in [3.05, 3.63) is 52.6 Å². The molecule has 0 saturated carbocycles. The van der Waals surface area contributed by atoms with Gasteiger partial charge in [0, 0.05) is 23.8 Å². The lowest BCUT2D eigenvalue weighted by Crippen LogP contribution is -2.25. The molecule has 2 N–H and O–H groups in total. The molecule has 0 fully saturated rings. The van der Waals surface area contributed by atoms with Crippen LogP contribution in [0, 0.1) is 0 Å². The van der Waals surface area contributed by atoms with Crippen LogP contribution in [0.3, 0.4) is 0 Å². The molecule has 1 aromatic carbocycles. The van der Waals surface area contributed by atoms with Gasteiger partial charge in [0.15, 0.2) is 5.03 Å². The predicted octanol–water partition coefficient (Wildman–Crippen LogP) is 2.75. The number of halogens is 1. The van der Waals surface area contributed by atoms with Crippen LogP contribution in [-0.4, -0.2) is 19.9 Å². The van der Waals surface area contributed by atoms with Gasteiger partial charge in [-0.3, -0.25) is 0 Å². The first-order chi connectivity index (χ1) is 10.0. The van der Waals surface area contributed by atoms with E-state index in [-0.39, 0.29) is 11.6 Å². The highest BCUT2D eigenvalue weighted by atomic mass is 79.9. The minimum Gasteiger partial charge on any atom is -0.383 e. The van der Waals surface area contributed by atoms with Gasteiger partial charge in [0.25, 0.3) is 10.0 Å².